The number of thiophene rings is 1. The van der Waals surface area contributed by atoms with Gasteiger partial charge in [-0.2, -0.15) is 0 Å². The van der Waals surface area contributed by atoms with Gasteiger partial charge >= 0.3 is 0 Å². The van der Waals surface area contributed by atoms with Crippen molar-refractivity contribution in [1.82, 2.24) is 9.62 Å². The van der Waals surface area contributed by atoms with Crippen LogP contribution in [0.2, 0.25) is 0 Å². The van der Waals surface area contributed by atoms with E-state index in [1.165, 1.54) is 11.3 Å². The Labute approximate surface area is 153 Å². The highest BCUT2D eigenvalue weighted by Crippen LogP contribution is 2.36. The van der Waals surface area contributed by atoms with E-state index in [0.29, 0.717) is 30.3 Å². The van der Waals surface area contributed by atoms with Gasteiger partial charge in [0.1, 0.15) is 4.21 Å². The summed E-state index contributed by atoms with van der Waals surface area (Å²) in [7, 11) is -3.61. The summed E-state index contributed by atoms with van der Waals surface area (Å²) in [6.45, 7) is 5.09. The van der Waals surface area contributed by atoms with Crippen LogP contribution >= 0.6 is 11.3 Å². The maximum Gasteiger partial charge on any atom is 0.250 e. The van der Waals surface area contributed by atoms with Crippen molar-refractivity contribution in [1.29, 1.82) is 0 Å². The number of nitrogens with zero attached hydrogens (tertiary/aromatic N) is 1. The van der Waals surface area contributed by atoms with Gasteiger partial charge in [0.05, 0.1) is 0 Å². The highest BCUT2D eigenvalue weighted by Gasteiger charge is 2.41. The largest absolute Gasteiger partial charge is 0.338 e. The van der Waals surface area contributed by atoms with Gasteiger partial charge in [-0.15, -0.1) is 11.3 Å². The van der Waals surface area contributed by atoms with Crippen molar-refractivity contribution in [3.63, 3.8) is 0 Å². The maximum absolute atomic E-state index is 13.0. The molecule has 6 nitrogen and oxygen atoms in total. The van der Waals surface area contributed by atoms with E-state index in [9.17, 15) is 13.2 Å². The number of nitrogens with one attached hydrogen (secondary N) is 1. The van der Waals surface area contributed by atoms with Crippen molar-refractivity contribution in [2.45, 2.75) is 62.2 Å². The number of amides is 1. The number of carbonyl (C=O) groups excluding carboxylic acids is 1. The minimum absolute atomic E-state index is 0.0255. The van der Waals surface area contributed by atoms with Crippen LogP contribution < -0.4 is 10.5 Å². The maximum atomic E-state index is 13.0. The highest BCUT2D eigenvalue weighted by atomic mass is 32.2. The van der Waals surface area contributed by atoms with Crippen LogP contribution in [-0.4, -0.2) is 37.9 Å². The highest BCUT2D eigenvalue weighted by molar-refractivity contribution is 7.91. The number of sulfonamides is 1. The van der Waals surface area contributed by atoms with Crippen LogP contribution in [0, 0.1) is 5.92 Å². The van der Waals surface area contributed by atoms with Gasteiger partial charge in [0.15, 0.2) is 0 Å². The van der Waals surface area contributed by atoms with Crippen molar-refractivity contribution in [2.24, 2.45) is 11.7 Å². The van der Waals surface area contributed by atoms with Crippen molar-refractivity contribution >= 4 is 27.3 Å². The fourth-order valence-electron chi connectivity index (χ4n) is 3.94. The summed E-state index contributed by atoms with van der Waals surface area (Å²) in [4.78, 5) is 14.4. The summed E-state index contributed by atoms with van der Waals surface area (Å²) < 4.78 is 29.3. The first-order chi connectivity index (χ1) is 11.8. The number of hydrogen-bond donors (Lipinski definition) is 2. The molecule has 0 aromatic carbocycles. The molecule has 0 radical (unpaired) electrons. The van der Waals surface area contributed by atoms with Gasteiger partial charge in [0.2, 0.25) is 5.91 Å². The molecule has 0 spiro atoms. The lowest BCUT2D eigenvalue weighted by atomic mass is 9.74. The predicted octanol–water partition coefficient (Wildman–Crippen LogP) is 1.84. The molecular formula is C17H27N3O3S2. The summed E-state index contributed by atoms with van der Waals surface area (Å²) in [5.74, 6) is 0.251. The van der Waals surface area contributed by atoms with E-state index in [-0.39, 0.29) is 11.8 Å². The number of carbonyl (C=O) groups is 1. The second-order valence-corrected chi connectivity index (χ2v) is 10.4. The summed E-state index contributed by atoms with van der Waals surface area (Å²) in [5.41, 5.74) is 6.40. The molecule has 1 aromatic rings. The Morgan fingerprint density at radius 2 is 2.24 bits per heavy atom. The SMILES string of the molecule is CC(=O)N1CCc2sc(S(=O)(=O)NC3(CN)CCCCC3C)cc2C1. The van der Waals surface area contributed by atoms with E-state index in [2.05, 4.69) is 11.6 Å². The number of hydrogen-bond acceptors (Lipinski definition) is 5. The molecule has 1 amide bonds. The van der Waals surface area contributed by atoms with Crippen LogP contribution in [0.15, 0.2) is 10.3 Å². The molecule has 0 saturated heterocycles. The Balaban J connectivity index is 1.85. The molecule has 2 heterocycles. The standard InChI is InChI=1S/C17H27N3O3S2/c1-12-5-3-4-7-17(12,11-18)19-25(22,23)16-9-14-10-20(13(2)21)8-6-15(14)24-16/h9,12,19H,3-8,10-11,18H2,1-2H3. The zero-order valence-corrected chi connectivity index (χ0v) is 16.5. The molecule has 1 fully saturated rings. The first kappa shape index (κ1) is 18.8. The molecule has 1 aliphatic heterocycles. The van der Waals surface area contributed by atoms with Gasteiger partial charge in [-0.25, -0.2) is 13.1 Å². The fraction of sp³-hybridized carbons (Fsp3) is 0.706. The molecule has 1 saturated carbocycles. The second-order valence-electron chi connectivity index (χ2n) is 7.32. The smallest absolute Gasteiger partial charge is 0.250 e. The number of nitrogens with two attached hydrogens (primary N) is 1. The Bertz CT molecular complexity index is 759. The zero-order chi connectivity index (χ0) is 18.2. The summed E-state index contributed by atoms with van der Waals surface area (Å²) in [6.07, 6.45) is 4.62. The van der Waals surface area contributed by atoms with Gasteiger partial charge in [-0.1, -0.05) is 19.8 Å². The molecule has 3 rings (SSSR count). The van der Waals surface area contributed by atoms with Crippen LogP contribution in [0.1, 0.15) is 50.0 Å². The first-order valence-electron chi connectivity index (χ1n) is 8.88. The van der Waals surface area contributed by atoms with Crippen molar-refractivity contribution < 1.29 is 13.2 Å². The summed E-state index contributed by atoms with van der Waals surface area (Å²) in [5, 5.41) is 0. The predicted molar refractivity (Wildman–Crippen MR) is 98.9 cm³/mol. The van der Waals surface area contributed by atoms with Crippen LogP contribution in [0.3, 0.4) is 0 Å². The van der Waals surface area contributed by atoms with Crippen LogP contribution in [0.25, 0.3) is 0 Å². The molecule has 25 heavy (non-hydrogen) atoms. The lowest BCUT2D eigenvalue weighted by Crippen LogP contribution is -2.58. The Morgan fingerprint density at radius 1 is 1.48 bits per heavy atom. The van der Waals surface area contributed by atoms with Crippen LogP contribution in [0.5, 0.6) is 0 Å². The zero-order valence-electron chi connectivity index (χ0n) is 14.9. The van der Waals surface area contributed by atoms with Gasteiger partial charge < -0.3 is 10.6 Å². The molecule has 8 heteroatoms. The third-order valence-electron chi connectivity index (χ3n) is 5.71. The quantitative estimate of drug-likeness (QED) is 0.827. The van der Waals surface area contributed by atoms with Crippen molar-refractivity contribution in [3.05, 3.63) is 16.5 Å². The summed E-state index contributed by atoms with van der Waals surface area (Å²) >= 11 is 1.33. The van der Waals surface area contributed by atoms with Crippen LogP contribution in [0.4, 0.5) is 0 Å². The Hall–Kier alpha value is -0.960. The molecule has 0 bridgehead atoms. The second kappa shape index (κ2) is 6.98. The van der Waals surface area contributed by atoms with Gasteiger partial charge in [-0.05, 0) is 36.8 Å². The van der Waals surface area contributed by atoms with Gasteiger partial charge in [0, 0.05) is 37.0 Å². The average Bonchev–Trinajstić information content (AvgIpc) is 3.01. The van der Waals surface area contributed by atoms with E-state index >= 15 is 0 Å². The molecular weight excluding hydrogens is 358 g/mol. The topological polar surface area (TPSA) is 92.5 Å². The monoisotopic (exact) mass is 385 g/mol. The van der Waals surface area contributed by atoms with E-state index in [0.717, 1.165) is 36.1 Å². The lowest BCUT2D eigenvalue weighted by Gasteiger charge is -2.42. The molecule has 1 aromatic heterocycles. The first-order valence-corrected chi connectivity index (χ1v) is 11.2. The molecule has 2 aliphatic rings. The molecule has 1 aliphatic carbocycles. The minimum atomic E-state index is -3.61. The molecule has 2 unspecified atom stereocenters. The number of rotatable bonds is 4. The van der Waals surface area contributed by atoms with Crippen molar-refractivity contribution in [3.8, 4) is 0 Å². The van der Waals surface area contributed by atoms with E-state index in [1.807, 2.05) is 0 Å². The average molecular weight is 386 g/mol. The fourth-order valence-corrected chi connectivity index (χ4v) is 7.01. The van der Waals surface area contributed by atoms with E-state index < -0.39 is 15.6 Å². The molecule has 2 atom stereocenters. The van der Waals surface area contributed by atoms with Crippen LogP contribution in [-0.2, 0) is 27.8 Å². The van der Waals surface area contributed by atoms with Gasteiger partial charge in [-0.3, -0.25) is 4.79 Å². The third kappa shape index (κ3) is 3.63. The minimum Gasteiger partial charge on any atom is -0.338 e. The number of fused-ring (bicyclic) bond motifs is 1. The molecule has 140 valence electrons. The Kier molecular flexibility index (Phi) is 5.26. The molecule has 3 N–H and O–H groups in total. The van der Waals surface area contributed by atoms with Crippen molar-refractivity contribution in [2.75, 3.05) is 13.1 Å². The normalized spacial score (nSPS) is 27.2. The third-order valence-corrected chi connectivity index (χ3v) is 8.97. The van der Waals surface area contributed by atoms with E-state index in [1.54, 1.807) is 17.9 Å². The summed E-state index contributed by atoms with van der Waals surface area (Å²) in [6, 6.07) is 1.73. The lowest BCUT2D eigenvalue weighted by molar-refractivity contribution is -0.129. The van der Waals surface area contributed by atoms with Gasteiger partial charge in [0.25, 0.3) is 10.0 Å². The van der Waals surface area contributed by atoms with E-state index in [4.69, 9.17) is 5.73 Å². The Morgan fingerprint density at radius 3 is 2.88 bits per heavy atom.